The van der Waals surface area contributed by atoms with Gasteiger partial charge in [0.15, 0.2) is 0 Å². The monoisotopic (exact) mass is 370 g/mol. The van der Waals surface area contributed by atoms with E-state index in [4.69, 9.17) is 4.98 Å². The van der Waals surface area contributed by atoms with E-state index in [-0.39, 0.29) is 0 Å². The number of fused-ring (bicyclic) bond motifs is 1. The number of aryl methyl sites for hydroxylation is 1. The van der Waals surface area contributed by atoms with Gasteiger partial charge < -0.3 is 14.4 Å². The molecule has 1 amide bonds. The quantitative estimate of drug-likeness (QED) is 0.710. The van der Waals surface area contributed by atoms with Crippen LogP contribution in [0.25, 0.3) is 11.0 Å². The minimum absolute atomic E-state index is 0.388. The topological polar surface area (TPSA) is 41.4 Å². The van der Waals surface area contributed by atoms with E-state index in [1.807, 2.05) is 24.3 Å². The maximum Gasteiger partial charge on any atom is 0.259 e. The van der Waals surface area contributed by atoms with Gasteiger partial charge in [-0.2, -0.15) is 0 Å². The summed E-state index contributed by atoms with van der Waals surface area (Å²) in [7, 11) is 0. The van der Waals surface area contributed by atoms with Crippen LogP contribution in [0.4, 0.5) is 14.7 Å². The van der Waals surface area contributed by atoms with Crippen LogP contribution in [0.15, 0.2) is 42.5 Å². The molecule has 5 nitrogen and oxygen atoms in total. The van der Waals surface area contributed by atoms with Crippen LogP contribution >= 0.6 is 0 Å². The van der Waals surface area contributed by atoms with E-state index < -0.39 is 23.1 Å². The van der Waals surface area contributed by atoms with Crippen LogP contribution in [-0.4, -0.2) is 46.5 Å². The highest BCUT2D eigenvalue weighted by Crippen LogP contribution is 2.24. The Bertz CT molecular complexity index is 973. The number of amides is 1. The van der Waals surface area contributed by atoms with Crippen molar-refractivity contribution >= 4 is 22.9 Å². The van der Waals surface area contributed by atoms with Crippen LogP contribution in [-0.2, 0) is 6.54 Å². The predicted octanol–water partition coefficient (Wildman–Crippen LogP) is 3.30. The molecule has 1 saturated heterocycles. The lowest BCUT2D eigenvalue weighted by Crippen LogP contribution is -2.49. The van der Waals surface area contributed by atoms with Gasteiger partial charge in [-0.15, -0.1) is 0 Å². The molecule has 0 N–H and O–H groups in total. The number of imidazole rings is 1. The molecule has 1 aliphatic rings. The second-order valence-corrected chi connectivity index (χ2v) is 6.52. The molecule has 0 unspecified atom stereocenters. The predicted molar refractivity (Wildman–Crippen MR) is 99.9 cm³/mol. The number of hydrogen-bond donors (Lipinski definition) is 0. The van der Waals surface area contributed by atoms with E-state index in [0.717, 1.165) is 35.7 Å². The van der Waals surface area contributed by atoms with Crippen molar-refractivity contribution in [3.05, 3.63) is 59.7 Å². The highest BCUT2D eigenvalue weighted by atomic mass is 19.1. The van der Waals surface area contributed by atoms with Crippen molar-refractivity contribution in [1.29, 1.82) is 0 Å². The molecule has 0 spiro atoms. The summed E-state index contributed by atoms with van der Waals surface area (Å²) < 4.78 is 29.9. The minimum atomic E-state index is -0.824. The highest BCUT2D eigenvalue weighted by Gasteiger charge is 2.28. The fourth-order valence-corrected chi connectivity index (χ4v) is 3.59. The van der Waals surface area contributed by atoms with E-state index in [1.165, 1.54) is 11.0 Å². The van der Waals surface area contributed by atoms with Crippen LogP contribution < -0.4 is 4.90 Å². The molecule has 7 heteroatoms. The van der Waals surface area contributed by atoms with Crippen molar-refractivity contribution in [3.63, 3.8) is 0 Å². The highest BCUT2D eigenvalue weighted by molar-refractivity contribution is 5.95. The Morgan fingerprint density at radius 2 is 1.67 bits per heavy atom. The van der Waals surface area contributed by atoms with Crippen molar-refractivity contribution in [2.75, 3.05) is 31.1 Å². The number of carbonyl (C=O) groups is 1. The van der Waals surface area contributed by atoms with Gasteiger partial charge in [0.25, 0.3) is 5.91 Å². The summed E-state index contributed by atoms with van der Waals surface area (Å²) in [6.45, 7) is 4.75. The number of aromatic nitrogens is 2. The molecular formula is C20H20F2N4O. The van der Waals surface area contributed by atoms with Crippen LogP contribution in [0.5, 0.6) is 0 Å². The SMILES string of the molecule is CCn1c(N2CCN(C(=O)c3c(F)cccc3F)CC2)nc2ccccc21. The molecule has 27 heavy (non-hydrogen) atoms. The second-order valence-electron chi connectivity index (χ2n) is 6.52. The molecule has 1 aliphatic heterocycles. The molecule has 3 aromatic rings. The first kappa shape index (κ1) is 17.5. The molecular weight excluding hydrogens is 350 g/mol. The maximum atomic E-state index is 13.9. The molecule has 2 heterocycles. The Labute approximate surface area is 155 Å². The average molecular weight is 370 g/mol. The van der Waals surface area contributed by atoms with Crippen LogP contribution in [0.1, 0.15) is 17.3 Å². The first-order valence-electron chi connectivity index (χ1n) is 9.03. The van der Waals surface area contributed by atoms with E-state index in [2.05, 4.69) is 16.4 Å². The van der Waals surface area contributed by atoms with Gasteiger partial charge in [-0.1, -0.05) is 18.2 Å². The summed E-state index contributed by atoms with van der Waals surface area (Å²) in [6.07, 6.45) is 0. The maximum absolute atomic E-state index is 13.9. The van der Waals surface area contributed by atoms with Crippen molar-refractivity contribution < 1.29 is 13.6 Å². The van der Waals surface area contributed by atoms with Crippen LogP contribution in [0.3, 0.4) is 0 Å². The zero-order chi connectivity index (χ0) is 19.0. The van der Waals surface area contributed by atoms with Crippen LogP contribution in [0, 0.1) is 11.6 Å². The number of anilines is 1. The summed E-state index contributed by atoms with van der Waals surface area (Å²) in [5.41, 5.74) is 1.52. The Balaban J connectivity index is 1.54. The fraction of sp³-hybridized carbons (Fsp3) is 0.300. The molecule has 1 aromatic heterocycles. The summed E-state index contributed by atoms with van der Waals surface area (Å²) in [4.78, 5) is 20.9. The molecule has 0 bridgehead atoms. The molecule has 1 fully saturated rings. The van der Waals surface area contributed by atoms with Crippen molar-refractivity contribution in [1.82, 2.24) is 14.5 Å². The molecule has 2 aromatic carbocycles. The van der Waals surface area contributed by atoms with Crippen molar-refractivity contribution in [2.24, 2.45) is 0 Å². The van der Waals surface area contributed by atoms with E-state index in [1.54, 1.807) is 0 Å². The molecule has 0 aliphatic carbocycles. The Kier molecular flexibility index (Phi) is 4.51. The number of para-hydroxylation sites is 2. The molecule has 0 saturated carbocycles. The van der Waals surface area contributed by atoms with Gasteiger partial charge >= 0.3 is 0 Å². The summed E-state index contributed by atoms with van der Waals surface area (Å²) in [5, 5.41) is 0. The second kappa shape index (κ2) is 6.98. The van der Waals surface area contributed by atoms with Crippen LogP contribution in [0.2, 0.25) is 0 Å². The lowest BCUT2D eigenvalue weighted by molar-refractivity contribution is 0.0736. The largest absolute Gasteiger partial charge is 0.339 e. The number of carbonyl (C=O) groups excluding carboxylic acids is 1. The normalized spacial score (nSPS) is 14.8. The number of halogens is 2. The Morgan fingerprint density at radius 3 is 2.33 bits per heavy atom. The lowest BCUT2D eigenvalue weighted by atomic mass is 10.1. The summed E-state index contributed by atoms with van der Waals surface area (Å²) >= 11 is 0. The zero-order valence-electron chi connectivity index (χ0n) is 15.0. The Morgan fingerprint density at radius 1 is 1.00 bits per heavy atom. The van der Waals surface area contributed by atoms with Gasteiger partial charge in [0.2, 0.25) is 5.95 Å². The van der Waals surface area contributed by atoms with Gasteiger partial charge in [-0.05, 0) is 31.2 Å². The van der Waals surface area contributed by atoms with Crippen molar-refractivity contribution in [2.45, 2.75) is 13.5 Å². The first-order valence-corrected chi connectivity index (χ1v) is 9.03. The van der Waals surface area contributed by atoms with Gasteiger partial charge in [0.1, 0.15) is 17.2 Å². The van der Waals surface area contributed by atoms with Gasteiger partial charge in [0, 0.05) is 32.7 Å². The van der Waals surface area contributed by atoms with Gasteiger partial charge in [0.05, 0.1) is 11.0 Å². The average Bonchev–Trinajstić information content (AvgIpc) is 3.06. The number of rotatable bonds is 3. The van der Waals surface area contributed by atoms with Gasteiger partial charge in [-0.25, -0.2) is 13.8 Å². The number of piperazine rings is 1. The Hall–Kier alpha value is -2.96. The molecule has 4 rings (SSSR count). The standard InChI is InChI=1S/C20H20F2N4O/c1-2-26-17-9-4-3-8-16(17)23-20(26)25-12-10-24(11-13-25)19(27)18-14(21)6-5-7-15(18)22/h3-9H,2,10-13H2,1H3. The van der Waals surface area contributed by atoms with Crippen molar-refractivity contribution in [3.8, 4) is 0 Å². The molecule has 0 radical (unpaired) electrons. The number of benzene rings is 2. The number of hydrogen-bond acceptors (Lipinski definition) is 3. The number of nitrogens with zero attached hydrogens (tertiary/aromatic N) is 4. The summed E-state index contributed by atoms with van der Waals surface area (Å²) in [5.74, 6) is -1.39. The van der Waals surface area contributed by atoms with E-state index in [0.29, 0.717) is 26.2 Å². The third kappa shape index (κ3) is 3.03. The van der Waals surface area contributed by atoms with E-state index >= 15 is 0 Å². The third-order valence-corrected chi connectivity index (χ3v) is 4.98. The lowest BCUT2D eigenvalue weighted by Gasteiger charge is -2.35. The van der Waals surface area contributed by atoms with E-state index in [9.17, 15) is 13.6 Å². The zero-order valence-corrected chi connectivity index (χ0v) is 15.0. The minimum Gasteiger partial charge on any atom is -0.339 e. The third-order valence-electron chi connectivity index (χ3n) is 4.98. The first-order chi connectivity index (χ1) is 13.1. The van der Waals surface area contributed by atoms with Gasteiger partial charge in [-0.3, -0.25) is 4.79 Å². The fourth-order valence-electron chi connectivity index (χ4n) is 3.59. The molecule has 0 atom stereocenters. The smallest absolute Gasteiger partial charge is 0.259 e. The summed E-state index contributed by atoms with van der Waals surface area (Å²) in [6, 6.07) is 11.4. The molecule has 140 valence electrons.